The van der Waals surface area contributed by atoms with Crippen molar-refractivity contribution >= 4 is 0 Å². The summed E-state index contributed by atoms with van der Waals surface area (Å²) in [5, 5.41) is 0. The second-order valence-electron chi connectivity index (χ2n) is 7.81. The van der Waals surface area contributed by atoms with Crippen LogP contribution in [-0.4, -0.2) is 31.2 Å². The molecule has 22 heavy (non-hydrogen) atoms. The van der Waals surface area contributed by atoms with Crippen LogP contribution in [0.25, 0.3) is 0 Å². The van der Waals surface area contributed by atoms with Gasteiger partial charge in [0.2, 0.25) is 0 Å². The SMILES string of the molecule is COC1CCCC2C3CC(CC12)CN(Cc1ccccc1)C3. The van der Waals surface area contributed by atoms with E-state index in [2.05, 4.69) is 35.2 Å². The summed E-state index contributed by atoms with van der Waals surface area (Å²) in [6.45, 7) is 3.74. The molecule has 120 valence electrons. The van der Waals surface area contributed by atoms with Crippen molar-refractivity contribution in [1.82, 2.24) is 4.90 Å². The van der Waals surface area contributed by atoms with E-state index in [-0.39, 0.29) is 0 Å². The van der Waals surface area contributed by atoms with Crippen LogP contribution in [0.1, 0.15) is 37.7 Å². The summed E-state index contributed by atoms with van der Waals surface area (Å²) < 4.78 is 5.83. The molecule has 1 aliphatic heterocycles. The molecule has 0 spiro atoms. The topological polar surface area (TPSA) is 12.5 Å². The minimum atomic E-state index is 0.546. The molecule has 2 nitrogen and oxygen atoms in total. The Kier molecular flexibility index (Phi) is 4.23. The van der Waals surface area contributed by atoms with Gasteiger partial charge in [-0.2, -0.15) is 0 Å². The highest BCUT2D eigenvalue weighted by Crippen LogP contribution is 2.49. The van der Waals surface area contributed by atoms with Crippen LogP contribution in [0, 0.1) is 23.7 Å². The average Bonchev–Trinajstić information content (AvgIpc) is 2.55. The van der Waals surface area contributed by atoms with Gasteiger partial charge in [-0.25, -0.2) is 0 Å². The van der Waals surface area contributed by atoms with Gasteiger partial charge in [0.05, 0.1) is 6.10 Å². The van der Waals surface area contributed by atoms with Crippen molar-refractivity contribution in [3.63, 3.8) is 0 Å². The Morgan fingerprint density at radius 1 is 1.05 bits per heavy atom. The van der Waals surface area contributed by atoms with Gasteiger partial charge in [-0.15, -0.1) is 0 Å². The highest BCUT2D eigenvalue weighted by atomic mass is 16.5. The van der Waals surface area contributed by atoms with E-state index in [4.69, 9.17) is 4.74 Å². The third-order valence-corrected chi connectivity index (χ3v) is 6.46. The smallest absolute Gasteiger partial charge is 0.0602 e. The van der Waals surface area contributed by atoms with E-state index in [1.54, 1.807) is 0 Å². The summed E-state index contributed by atoms with van der Waals surface area (Å²) >= 11 is 0. The number of hydrogen-bond donors (Lipinski definition) is 0. The Labute approximate surface area is 134 Å². The second-order valence-corrected chi connectivity index (χ2v) is 7.81. The molecule has 5 atom stereocenters. The molecule has 3 aliphatic rings. The molecule has 1 saturated heterocycles. The maximum absolute atomic E-state index is 5.83. The summed E-state index contributed by atoms with van der Waals surface area (Å²) in [5.74, 6) is 3.59. The van der Waals surface area contributed by atoms with E-state index < -0.39 is 0 Å². The maximum Gasteiger partial charge on any atom is 0.0602 e. The molecule has 4 rings (SSSR count). The average molecular weight is 299 g/mol. The second kappa shape index (κ2) is 6.33. The fourth-order valence-corrected chi connectivity index (χ4v) is 5.65. The molecule has 2 saturated carbocycles. The number of methoxy groups -OCH3 is 1. The molecule has 2 aliphatic carbocycles. The number of hydrogen-bond acceptors (Lipinski definition) is 2. The van der Waals surface area contributed by atoms with Crippen molar-refractivity contribution in [2.24, 2.45) is 23.7 Å². The van der Waals surface area contributed by atoms with E-state index in [0.29, 0.717) is 6.10 Å². The van der Waals surface area contributed by atoms with Crippen molar-refractivity contribution in [2.75, 3.05) is 20.2 Å². The van der Waals surface area contributed by atoms with Gasteiger partial charge in [0.25, 0.3) is 0 Å². The van der Waals surface area contributed by atoms with Gasteiger partial charge in [-0.3, -0.25) is 4.90 Å². The number of fused-ring (bicyclic) bond motifs is 4. The monoisotopic (exact) mass is 299 g/mol. The van der Waals surface area contributed by atoms with Crippen molar-refractivity contribution in [2.45, 2.75) is 44.8 Å². The van der Waals surface area contributed by atoms with Crippen LogP contribution in [0.3, 0.4) is 0 Å². The lowest BCUT2D eigenvalue weighted by Crippen LogP contribution is -2.52. The van der Waals surface area contributed by atoms with Gasteiger partial charge in [0.15, 0.2) is 0 Å². The Balaban J connectivity index is 1.45. The summed E-state index contributed by atoms with van der Waals surface area (Å²) in [6.07, 6.45) is 7.55. The zero-order valence-corrected chi connectivity index (χ0v) is 13.8. The normalized spacial score (nSPS) is 38.5. The van der Waals surface area contributed by atoms with Gasteiger partial charge in [0.1, 0.15) is 0 Å². The molecule has 2 heteroatoms. The minimum absolute atomic E-state index is 0.546. The molecule has 1 heterocycles. The maximum atomic E-state index is 5.83. The first-order valence-corrected chi connectivity index (χ1v) is 9.12. The lowest BCUT2D eigenvalue weighted by molar-refractivity contribution is -0.0822. The molecule has 0 aromatic heterocycles. The van der Waals surface area contributed by atoms with Crippen molar-refractivity contribution < 1.29 is 4.74 Å². The third-order valence-electron chi connectivity index (χ3n) is 6.46. The van der Waals surface area contributed by atoms with E-state index in [0.717, 1.165) is 30.2 Å². The fourth-order valence-electron chi connectivity index (χ4n) is 5.65. The summed E-state index contributed by atoms with van der Waals surface area (Å²) in [5.41, 5.74) is 1.47. The zero-order chi connectivity index (χ0) is 14.9. The molecule has 1 aromatic rings. The first kappa shape index (κ1) is 14.7. The van der Waals surface area contributed by atoms with E-state index in [1.165, 1.54) is 50.8 Å². The molecular weight excluding hydrogens is 270 g/mol. The molecular formula is C20H29NO. The van der Waals surface area contributed by atoms with Gasteiger partial charge < -0.3 is 4.74 Å². The number of ether oxygens (including phenoxy) is 1. The van der Waals surface area contributed by atoms with E-state index in [1.807, 2.05) is 7.11 Å². The van der Waals surface area contributed by atoms with Gasteiger partial charge >= 0.3 is 0 Å². The van der Waals surface area contributed by atoms with Crippen LogP contribution in [0.2, 0.25) is 0 Å². The number of rotatable bonds is 3. The third kappa shape index (κ3) is 2.83. The molecule has 5 unspecified atom stereocenters. The summed E-state index contributed by atoms with van der Waals surface area (Å²) in [4.78, 5) is 2.72. The van der Waals surface area contributed by atoms with Crippen molar-refractivity contribution in [1.29, 1.82) is 0 Å². The van der Waals surface area contributed by atoms with Crippen LogP contribution in [0.15, 0.2) is 30.3 Å². The highest BCUT2D eigenvalue weighted by molar-refractivity contribution is 5.14. The Morgan fingerprint density at radius 3 is 2.73 bits per heavy atom. The first-order valence-electron chi connectivity index (χ1n) is 9.12. The lowest BCUT2D eigenvalue weighted by atomic mass is 9.60. The van der Waals surface area contributed by atoms with Gasteiger partial charge in [-0.1, -0.05) is 36.8 Å². The molecule has 1 aromatic carbocycles. The Morgan fingerprint density at radius 2 is 1.91 bits per heavy atom. The standard InChI is InChI=1S/C20H29NO/c1-22-20-9-5-8-18-17-10-16(11-19(18)20)13-21(14-17)12-15-6-3-2-4-7-15/h2-4,6-7,16-20H,5,8-14H2,1H3. The van der Waals surface area contributed by atoms with Crippen LogP contribution in [-0.2, 0) is 11.3 Å². The van der Waals surface area contributed by atoms with Crippen LogP contribution < -0.4 is 0 Å². The zero-order valence-electron chi connectivity index (χ0n) is 13.8. The van der Waals surface area contributed by atoms with Crippen LogP contribution in [0.4, 0.5) is 0 Å². The van der Waals surface area contributed by atoms with Crippen LogP contribution >= 0.6 is 0 Å². The molecule has 0 N–H and O–H groups in total. The van der Waals surface area contributed by atoms with E-state index >= 15 is 0 Å². The lowest BCUT2D eigenvalue weighted by Gasteiger charge is -2.52. The quantitative estimate of drug-likeness (QED) is 0.837. The minimum Gasteiger partial charge on any atom is -0.381 e. The van der Waals surface area contributed by atoms with Crippen LogP contribution in [0.5, 0.6) is 0 Å². The number of nitrogens with zero attached hydrogens (tertiary/aromatic N) is 1. The van der Waals surface area contributed by atoms with Gasteiger partial charge in [0, 0.05) is 26.7 Å². The number of likely N-dealkylation sites (tertiary alicyclic amines) is 1. The Hall–Kier alpha value is -0.860. The molecule has 0 radical (unpaired) electrons. The first-order chi connectivity index (χ1) is 10.8. The molecule has 3 fully saturated rings. The molecule has 2 bridgehead atoms. The van der Waals surface area contributed by atoms with Crippen molar-refractivity contribution in [3.8, 4) is 0 Å². The fraction of sp³-hybridized carbons (Fsp3) is 0.700. The summed E-state index contributed by atoms with van der Waals surface area (Å²) in [6, 6.07) is 11.0. The van der Waals surface area contributed by atoms with Gasteiger partial charge in [-0.05, 0) is 54.9 Å². The summed E-state index contributed by atoms with van der Waals surface area (Å²) in [7, 11) is 1.93. The number of piperidine rings is 1. The predicted molar refractivity (Wildman–Crippen MR) is 89.6 cm³/mol. The highest BCUT2D eigenvalue weighted by Gasteiger charge is 2.46. The molecule has 0 amide bonds. The van der Waals surface area contributed by atoms with E-state index in [9.17, 15) is 0 Å². The Bertz CT molecular complexity index is 488. The predicted octanol–water partition coefficient (Wildman–Crippen LogP) is 3.96. The number of benzene rings is 1. The van der Waals surface area contributed by atoms with Crippen molar-refractivity contribution in [3.05, 3.63) is 35.9 Å². The largest absolute Gasteiger partial charge is 0.381 e.